The highest BCUT2D eigenvalue weighted by Crippen LogP contribution is 2.28. The van der Waals surface area contributed by atoms with E-state index in [0.29, 0.717) is 30.1 Å². The fourth-order valence-electron chi connectivity index (χ4n) is 2.51. The Labute approximate surface area is 161 Å². The molecule has 2 aromatic heterocycles. The van der Waals surface area contributed by atoms with E-state index in [1.54, 1.807) is 16.5 Å². The highest BCUT2D eigenvalue weighted by molar-refractivity contribution is 7.99. The molecule has 0 N–H and O–H groups in total. The molecular formula is C18H24N4O2S2. The van der Waals surface area contributed by atoms with Crippen molar-refractivity contribution in [1.29, 1.82) is 5.26 Å². The molecule has 0 aliphatic heterocycles. The maximum absolute atomic E-state index is 13.0. The number of unbranched alkanes of at least 4 members (excludes halogenated alkanes) is 1. The van der Waals surface area contributed by atoms with E-state index in [-0.39, 0.29) is 17.2 Å². The highest BCUT2D eigenvalue weighted by atomic mass is 32.2. The van der Waals surface area contributed by atoms with Crippen molar-refractivity contribution < 1.29 is 4.79 Å². The summed E-state index contributed by atoms with van der Waals surface area (Å²) < 4.78 is 1.71. The van der Waals surface area contributed by atoms with Crippen molar-refractivity contribution in [2.24, 2.45) is 0 Å². The van der Waals surface area contributed by atoms with Crippen LogP contribution in [0, 0.1) is 25.2 Å². The SMILES string of the molecule is CCCCn1c(SCC(=O)N(C)CCC#N)nc2sc(C)c(C)c2c1=O. The van der Waals surface area contributed by atoms with Crippen LogP contribution >= 0.6 is 23.1 Å². The Balaban J connectivity index is 2.31. The molecule has 6 nitrogen and oxygen atoms in total. The zero-order chi connectivity index (χ0) is 19.3. The van der Waals surface area contributed by atoms with Crippen LogP contribution < -0.4 is 5.56 Å². The molecule has 0 unspecified atom stereocenters. The second kappa shape index (κ2) is 9.19. The first-order chi connectivity index (χ1) is 12.4. The second-order valence-corrected chi connectivity index (χ2v) is 8.33. The summed E-state index contributed by atoms with van der Waals surface area (Å²) in [4.78, 5) is 33.3. The normalized spacial score (nSPS) is 10.9. The predicted molar refractivity (Wildman–Crippen MR) is 107 cm³/mol. The highest BCUT2D eigenvalue weighted by Gasteiger charge is 2.18. The van der Waals surface area contributed by atoms with Crippen LogP contribution in [0.5, 0.6) is 0 Å². The van der Waals surface area contributed by atoms with Gasteiger partial charge >= 0.3 is 0 Å². The Kier molecular flexibility index (Phi) is 7.23. The first-order valence-corrected chi connectivity index (χ1v) is 10.4. The summed E-state index contributed by atoms with van der Waals surface area (Å²) in [5.74, 6) is 0.134. The summed E-state index contributed by atoms with van der Waals surface area (Å²) in [6.45, 7) is 7.05. The van der Waals surface area contributed by atoms with Crippen LogP contribution in [0.25, 0.3) is 10.2 Å². The van der Waals surface area contributed by atoms with Gasteiger partial charge in [-0.15, -0.1) is 11.3 Å². The van der Waals surface area contributed by atoms with Gasteiger partial charge in [0.05, 0.1) is 23.6 Å². The van der Waals surface area contributed by atoms with E-state index in [1.807, 2.05) is 19.9 Å². The summed E-state index contributed by atoms with van der Waals surface area (Å²) in [6.07, 6.45) is 2.18. The largest absolute Gasteiger partial charge is 0.344 e. The molecule has 0 aliphatic rings. The molecule has 2 heterocycles. The van der Waals surface area contributed by atoms with E-state index in [2.05, 4.69) is 11.9 Å². The number of hydrogen-bond acceptors (Lipinski definition) is 6. The van der Waals surface area contributed by atoms with Gasteiger partial charge in [0.2, 0.25) is 5.91 Å². The monoisotopic (exact) mass is 392 g/mol. The minimum atomic E-state index is -0.0693. The van der Waals surface area contributed by atoms with Crippen molar-refractivity contribution >= 4 is 39.2 Å². The first kappa shape index (κ1) is 20.5. The number of hydrogen-bond donors (Lipinski definition) is 0. The molecule has 2 rings (SSSR count). The number of aryl methyl sites for hydroxylation is 2. The average molecular weight is 393 g/mol. The molecule has 0 aromatic carbocycles. The van der Waals surface area contributed by atoms with Crippen LogP contribution in [0.1, 0.15) is 36.6 Å². The maximum atomic E-state index is 13.0. The van der Waals surface area contributed by atoms with Gasteiger partial charge in [-0.05, 0) is 25.8 Å². The summed E-state index contributed by atoms with van der Waals surface area (Å²) in [6, 6.07) is 2.04. The third kappa shape index (κ3) is 4.46. The Morgan fingerprint density at radius 2 is 2.15 bits per heavy atom. The molecule has 0 spiro atoms. The van der Waals surface area contributed by atoms with Crippen molar-refractivity contribution in [1.82, 2.24) is 14.5 Å². The number of nitrogens with zero attached hydrogens (tertiary/aromatic N) is 4. The van der Waals surface area contributed by atoms with Crippen molar-refractivity contribution in [2.45, 2.75) is 51.7 Å². The van der Waals surface area contributed by atoms with E-state index < -0.39 is 0 Å². The van der Waals surface area contributed by atoms with Crippen LogP contribution in [-0.2, 0) is 11.3 Å². The molecule has 0 bridgehead atoms. The molecule has 0 atom stereocenters. The third-order valence-corrected chi connectivity index (χ3v) is 6.36. The Bertz CT molecular complexity index is 895. The van der Waals surface area contributed by atoms with Gasteiger partial charge in [0.1, 0.15) is 4.83 Å². The number of amides is 1. The number of fused-ring (bicyclic) bond motifs is 1. The number of carbonyl (C=O) groups is 1. The Morgan fingerprint density at radius 3 is 2.81 bits per heavy atom. The molecule has 0 radical (unpaired) electrons. The first-order valence-electron chi connectivity index (χ1n) is 8.64. The third-order valence-electron chi connectivity index (χ3n) is 4.30. The van der Waals surface area contributed by atoms with E-state index in [0.717, 1.165) is 28.1 Å². The molecule has 0 aliphatic carbocycles. The van der Waals surface area contributed by atoms with Crippen LogP contribution in [-0.4, -0.2) is 39.7 Å². The summed E-state index contributed by atoms with van der Waals surface area (Å²) >= 11 is 2.82. The maximum Gasteiger partial charge on any atom is 0.263 e. The lowest BCUT2D eigenvalue weighted by Crippen LogP contribution is -2.30. The van der Waals surface area contributed by atoms with Gasteiger partial charge in [-0.25, -0.2) is 4.98 Å². The zero-order valence-corrected chi connectivity index (χ0v) is 17.3. The minimum Gasteiger partial charge on any atom is -0.344 e. The van der Waals surface area contributed by atoms with Crippen LogP contribution in [0.15, 0.2) is 9.95 Å². The van der Waals surface area contributed by atoms with Crippen LogP contribution in [0.4, 0.5) is 0 Å². The van der Waals surface area contributed by atoms with Gasteiger partial charge in [-0.3, -0.25) is 14.2 Å². The number of rotatable bonds is 8. The van der Waals surface area contributed by atoms with E-state index >= 15 is 0 Å². The lowest BCUT2D eigenvalue weighted by molar-refractivity contribution is -0.127. The van der Waals surface area contributed by atoms with Gasteiger partial charge in [-0.1, -0.05) is 25.1 Å². The number of thioether (sulfide) groups is 1. The number of carbonyl (C=O) groups excluding carboxylic acids is 1. The lowest BCUT2D eigenvalue weighted by Gasteiger charge is -2.16. The van der Waals surface area contributed by atoms with Gasteiger partial charge in [0.25, 0.3) is 5.56 Å². The van der Waals surface area contributed by atoms with Gasteiger partial charge in [0, 0.05) is 25.0 Å². The van der Waals surface area contributed by atoms with Gasteiger partial charge in [0.15, 0.2) is 5.16 Å². The molecule has 0 saturated heterocycles. The molecule has 0 saturated carbocycles. The molecule has 8 heteroatoms. The summed E-state index contributed by atoms with van der Waals surface area (Å²) in [7, 11) is 1.69. The molecular weight excluding hydrogens is 368 g/mol. The Hall–Kier alpha value is -1.85. The Morgan fingerprint density at radius 1 is 1.42 bits per heavy atom. The fraction of sp³-hybridized carbons (Fsp3) is 0.556. The van der Waals surface area contributed by atoms with Gasteiger partial charge < -0.3 is 4.90 Å². The predicted octanol–water partition coefficient (Wildman–Crippen LogP) is 3.34. The lowest BCUT2D eigenvalue weighted by atomic mass is 10.2. The molecule has 140 valence electrons. The topological polar surface area (TPSA) is 79.0 Å². The molecule has 1 amide bonds. The summed E-state index contributed by atoms with van der Waals surface area (Å²) in [5.41, 5.74) is 0.981. The average Bonchev–Trinajstić information content (AvgIpc) is 2.91. The van der Waals surface area contributed by atoms with Crippen molar-refractivity contribution in [3.05, 3.63) is 20.8 Å². The number of thiophene rings is 1. The van der Waals surface area contributed by atoms with Crippen LogP contribution in [0.3, 0.4) is 0 Å². The fourth-order valence-corrected chi connectivity index (χ4v) is 4.55. The van der Waals surface area contributed by atoms with Crippen molar-refractivity contribution in [2.75, 3.05) is 19.3 Å². The second-order valence-electron chi connectivity index (χ2n) is 6.18. The minimum absolute atomic E-state index is 0.0157. The summed E-state index contributed by atoms with van der Waals surface area (Å²) in [5, 5.41) is 9.94. The van der Waals surface area contributed by atoms with E-state index in [1.165, 1.54) is 23.1 Å². The molecule has 26 heavy (non-hydrogen) atoms. The van der Waals surface area contributed by atoms with Crippen molar-refractivity contribution in [3.8, 4) is 6.07 Å². The van der Waals surface area contributed by atoms with Gasteiger partial charge in [-0.2, -0.15) is 5.26 Å². The smallest absolute Gasteiger partial charge is 0.263 e. The van der Waals surface area contributed by atoms with E-state index in [9.17, 15) is 9.59 Å². The standard InChI is InChI=1S/C18H24N4O2S2/c1-5-6-10-22-17(24)15-12(2)13(3)26-16(15)20-18(22)25-11-14(23)21(4)9-7-8-19/h5-7,9-11H2,1-4H3. The quantitative estimate of drug-likeness (QED) is 0.508. The number of nitriles is 1. The molecule has 2 aromatic rings. The van der Waals surface area contributed by atoms with Crippen LogP contribution in [0.2, 0.25) is 0 Å². The van der Waals surface area contributed by atoms with Crippen molar-refractivity contribution in [3.63, 3.8) is 0 Å². The molecule has 0 fully saturated rings. The zero-order valence-electron chi connectivity index (χ0n) is 15.7. The number of aromatic nitrogens is 2. The van der Waals surface area contributed by atoms with E-state index in [4.69, 9.17) is 5.26 Å².